The highest BCUT2D eigenvalue weighted by molar-refractivity contribution is 7.12. The van der Waals surface area contributed by atoms with E-state index in [1.54, 1.807) is 11.3 Å². The SMILES string of the molecule is Clc1ccccc1COc1ccc(C2CCC(c3sccc3Cl)=N2)cc1. The Morgan fingerprint density at radius 2 is 1.81 bits per heavy atom. The Labute approximate surface area is 167 Å². The van der Waals surface area contributed by atoms with Crippen molar-refractivity contribution >= 4 is 40.3 Å². The lowest BCUT2D eigenvalue weighted by Crippen LogP contribution is -1.97. The van der Waals surface area contributed by atoms with Crippen molar-refractivity contribution in [2.24, 2.45) is 4.99 Å². The number of hydrogen-bond acceptors (Lipinski definition) is 3. The summed E-state index contributed by atoms with van der Waals surface area (Å²) in [5.74, 6) is 0.831. The molecule has 1 aliphatic heterocycles. The molecular formula is C21H17Cl2NOS. The maximum Gasteiger partial charge on any atom is 0.119 e. The van der Waals surface area contributed by atoms with Crippen LogP contribution in [0.3, 0.4) is 0 Å². The van der Waals surface area contributed by atoms with Crippen LogP contribution in [-0.2, 0) is 6.61 Å². The fraction of sp³-hybridized carbons (Fsp3) is 0.190. The third-order valence-corrected chi connectivity index (χ3v) is 6.22. The van der Waals surface area contributed by atoms with Crippen molar-refractivity contribution in [3.8, 4) is 5.75 Å². The van der Waals surface area contributed by atoms with Crippen LogP contribution in [0.4, 0.5) is 0 Å². The summed E-state index contributed by atoms with van der Waals surface area (Å²) < 4.78 is 5.85. The van der Waals surface area contributed by atoms with Gasteiger partial charge in [0, 0.05) is 10.6 Å². The molecule has 0 fully saturated rings. The van der Waals surface area contributed by atoms with E-state index in [0.29, 0.717) is 6.61 Å². The Morgan fingerprint density at radius 3 is 2.54 bits per heavy atom. The second kappa shape index (κ2) is 7.83. The number of halogens is 2. The van der Waals surface area contributed by atoms with Gasteiger partial charge in [0.25, 0.3) is 0 Å². The Hall–Kier alpha value is -1.81. The van der Waals surface area contributed by atoms with E-state index in [1.165, 1.54) is 5.56 Å². The summed E-state index contributed by atoms with van der Waals surface area (Å²) in [6.45, 7) is 0.460. The topological polar surface area (TPSA) is 21.6 Å². The average molecular weight is 402 g/mol. The molecule has 2 heterocycles. The summed E-state index contributed by atoms with van der Waals surface area (Å²) in [6.07, 6.45) is 1.99. The minimum Gasteiger partial charge on any atom is -0.489 e. The lowest BCUT2D eigenvalue weighted by Gasteiger charge is -2.10. The summed E-state index contributed by atoms with van der Waals surface area (Å²) in [7, 11) is 0. The minimum absolute atomic E-state index is 0.195. The summed E-state index contributed by atoms with van der Waals surface area (Å²) in [5.41, 5.74) is 3.31. The zero-order valence-electron chi connectivity index (χ0n) is 14.0. The van der Waals surface area contributed by atoms with Crippen molar-refractivity contribution in [2.75, 3.05) is 0 Å². The van der Waals surface area contributed by atoms with Crippen LogP contribution in [0.5, 0.6) is 5.75 Å². The Morgan fingerprint density at radius 1 is 1.00 bits per heavy atom. The number of thiophene rings is 1. The molecule has 0 spiro atoms. The second-order valence-electron chi connectivity index (χ2n) is 6.18. The summed E-state index contributed by atoms with van der Waals surface area (Å²) in [4.78, 5) is 5.99. The first-order valence-corrected chi connectivity index (χ1v) is 10.1. The number of nitrogens with zero attached hydrogens (tertiary/aromatic N) is 1. The van der Waals surface area contributed by atoms with E-state index in [1.807, 2.05) is 47.8 Å². The smallest absolute Gasteiger partial charge is 0.119 e. The Kier molecular flexibility index (Phi) is 5.30. The van der Waals surface area contributed by atoms with Gasteiger partial charge in [0.1, 0.15) is 12.4 Å². The number of ether oxygens (including phenoxy) is 1. The molecule has 1 aromatic heterocycles. The molecule has 0 saturated carbocycles. The van der Waals surface area contributed by atoms with Gasteiger partial charge in [0.15, 0.2) is 0 Å². The monoisotopic (exact) mass is 401 g/mol. The Balaban J connectivity index is 1.43. The van der Waals surface area contributed by atoms with Gasteiger partial charge in [0.2, 0.25) is 0 Å². The van der Waals surface area contributed by atoms with Crippen LogP contribution in [-0.4, -0.2) is 5.71 Å². The predicted molar refractivity (Wildman–Crippen MR) is 110 cm³/mol. The lowest BCUT2D eigenvalue weighted by atomic mass is 10.0. The third-order valence-electron chi connectivity index (χ3n) is 4.46. The molecule has 0 saturated heterocycles. The average Bonchev–Trinajstić information content (AvgIpc) is 3.30. The summed E-state index contributed by atoms with van der Waals surface area (Å²) in [5, 5.41) is 3.54. The van der Waals surface area contributed by atoms with Crippen molar-refractivity contribution in [2.45, 2.75) is 25.5 Å². The highest BCUT2D eigenvalue weighted by Crippen LogP contribution is 2.35. The molecule has 0 aliphatic carbocycles. The first-order chi connectivity index (χ1) is 12.7. The standard InChI is InChI=1S/C21H17Cl2NOS/c22-17-4-2-1-3-15(17)13-25-16-7-5-14(6-8-16)19-9-10-20(24-19)21-18(23)11-12-26-21/h1-8,11-12,19H,9-10,13H2. The van der Waals surface area contributed by atoms with E-state index >= 15 is 0 Å². The van der Waals surface area contributed by atoms with Crippen molar-refractivity contribution < 1.29 is 4.74 Å². The first-order valence-electron chi connectivity index (χ1n) is 8.47. The molecular weight excluding hydrogens is 385 g/mol. The number of aliphatic imine (C=N–C) groups is 1. The minimum atomic E-state index is 0.195. The van der Waals surface area contributed by atoms with Gasteiger partial charge >= 0.3 is 0 Å². The fourth-order valence-electron chi connectivity index (χ4n) is 3.07. The van der Waals surface area contributed by atoms with Crippen molar-refractivity contribution in [3.05, 3.63) is 86.0 Å². The molecule has 132 valence electrons. The third kappa shape index (κ3) is 3.80. The van der Waals surface area contributed by atoms with Crippen LogP contribution >= 0.6 is 34.5 Å². The van der Waals surface area contributed by atoms with Crippen molar-refractivity contribution in [1.82, 2.24) is 0 Å². The molecule has 0 amide bonds. The van der Waals surface area contributed by atoms with Gasteiger partial charge in [-0.3, -0.25) is 4.99 Å². The van der Waals surface area contributed by atoms with E-state index < -0.39 is 0 Å². The van der Waals surface area contributed by atoms with Crippen molar-refractivity contribution in [3.63, 3.8) is 0 Å². The molecule has 3 aromatic rings. The molecule has 0 bridgehead atoms. The van der Waals surface area contributed by atoms with Crippen molar-refractivity contribution in [1.29, 1.82) is 0 Å². The van der Waals surface area contributed by atoms with E-state index in [0.717, 1.165) is 44.8 Å². The predicted octanol–water partition coefficient (Wildman–Crippen LogP) is 6.96. The normalized spacial score (nSPS) is 16.5. The van der Waals surface area contributed by atoms with Gasteiger partial charge < -0.3 is 4.74 Å². The van der Waals surface area contributed by atoms with Crippen LogP contribution in [0.1, 0.15) is 34.9 Å². The van der Waals surface area contributed by atoms with E-state index in [4.69, 9.17) is 32.9 Å². The maximum atomic E-state index is 6.23. The van der Waals surface area contributed by atoms with Gasteiger partial charge in [0.05, 0.1) is 21.7 Å². The van der Waals surface area contributed by atoms with Gasteiger partial charge in [-0.25, -0.2) is 0 Å². The zero-order chi connectivity index (χ0) is 17.9. The molecule has 1 aliphatic rings. The highest BCUT2D eigenvalue weighted by Gasteiger charge is 2.22. The Bertz CT molecular complexity index is 933. The molecule has 2 nitrogen and oxygen atoms in total. The van der Waals surface area contributed by atoms with Crippen LogP contribution in [0.25, 0.3) is 0 Å². The largest absolute Gasteiger partial charge is 0.489 e. The quantitative estimate of drug-likeness (QED) is 0.452. The van der Waals surface area contributed by atoms with Gasteiger partial charge in [-0.15, -0.1) is 11.3 Å². The highest BCUT2D eigenvalue weighted by atomic mass is 35.5. The maximum absolute atomic E-state index is 6.23. The van der Waals surface area contributed by atoms with Crippen LogP contribution < -0.4 is 4.74 Å². The van der Waals surface area contributed by atoms with Crippen LogP contribution in [0.15, 0.2) is 65.0 Å². The number of rotatable bonds is 5. The molecule has 1 atom stereocenters. The zero-order valence-corrected chi connectivity index (χ0v) is 16.3. The molecule has 1 unspecified atom stereocenters. The van der Waals surface area contributed by atoms with Crippen LogP contribution in [0, 0.1) is 0 Å². The van der Waals surface area contributed by atoms with Gasteiger partial charge in [-0.1, -0.05) is 53.5 Å². The van der Waals surface area contributed by atoms with Gasteiger partial charge in [-0.2, -0.15) is 0 Å². The summed E-state index contributed by atoms with van der Waals surface area (Å²) in [6, 6.07) is 18.0. The molecule has 4 rings (SSSR count). The van der Waals surface area contributed by atoms with E-state index in [2.05, 4.69) is 12.1 Å². The first kappa shape index (κ1) is 17.6. The lowest BCUT2D eigenvalue weighted by molar-refractivity contribution is 0.306. The molecule has 0 radical (unpaired) electrons. The van der Waals surface area contributed by atoms with Crippen LogP contribution in [0.2, 0.25) is 10.0 Å². The van der Waals surface area contributed by atoms with Gasteiger partial charge in [-0.05, 0) is 48.1 Å². The summed E-state index contributed by atoms with van der Waals surface area (Å²) >= 11 is 14.1. The number of benzene rings is 2. The molecule has 5 heteroatoms. The molecule has 0 N–H and O–H groups in total. The second-order valence-corrected chi connectivity index (χ2v) is 7.91. The fourth-order valence-corrected chi connectivity index (χ4v) is 4.45. The van der Waals surface area contributed by atoms with E-state index in [9.17, 15) is 0 Å². The number of hydrogen-bond donors (Lipinski definition) is 0. The molecule has 26 heavy (non-hydrogen) atoms. The molecule has 2 aromatic carbocycles. The van der Waals surface area contributed by atoms with E-state index in [-0.39, 0.29) is 6.04 Å².